The van der Waals surface area contributed by atoms with Crippen molar-refractivity contribution in [2.75, 3.05) is 11.1 Å². The van der Waals surface area contributed by atoms with E-state index in [2.05, 4.69) is 27.2 Å². The summed E-state index contributed by atoms with van der Waals surface area (Å²) < 4.78 is 5.87. The minimum atomic E-state index is -0.539. The summed E-state index contributed by atoms with van der Waals surface area (Å²) in [5.74, 6) is 2.12. The number of nitrogens with two attached hydrogens (primary N) is 1. The van der Waals surface area contributed by atoms with Gasteiger partial charge in [0.2, 0.25) is 5.91 Å². The van der Waals surface area contributed by atoms with E-state index in [1.165, 1.54) is 12.4 Å². The zero-order valence-electron chi connectivity index (χ0n) is 18.1. The summed E-state index contributed by atoms with van der Waals surface area (Å²) in [7, 11) is 0. The second-order valence-corrected chi connectivity index (χ2v) is 8.03. The van der Waals surface area contributed by atoms with Crippen LogP contribution >= 0.6 is 0 Å². The fourth-order valence-corrected chi connectivity index (χ4v) is 4.09. The molecule has 3 aromatic rings. The summed E-state index contributed by atoms with van der Waals surface area (Å²) in [6.45, 7) is 3.49. The Balaban J connectivity index is 1.52. The third-order valence-electron chi connectivity index (χ3n) is 5.55. The Labute approximate surface area is 192 Å². The van der Waals surface area contributed by atoms with Crippen LogP contribution in [0.15, 0.2) is 73.6 Å². The lowest BCUT2D eigenvalue weighted by molar-refractivity contribution is -0.117. The quantitative estimate of drug-likeness (QED) is 0.411. The van der Waals surface area contributed by atoms with Crippen molar-refractivity contribution < 1.29 is 14.6 Å². The Hall–Kier alpha value is -3.91. The summed E-state index contributed by atoms with van der Waals surface area (Å²) in [5, 5.41) is 16.6. The maximum absolute atomic E-state index is 11.7. The molecule has 5 N–H and O–H groups in total. The minimum absolute atomic E-state index is 0.0994. The van der Waals surface area contributed by atoms with E-state index in [-0.39, 0.29) is 18.0 Å². The molecule has 0 radical (unpaired) electrons. The van der Waals surface area contributed by atoms with E-state index >= 15 is 0 Å². The number of nitrogens with one attached hydrogen (secondary N) is 2. The number of benzene rings is 2. The number of carbonyl (C=O) groups is 1. The molecule has 0 bridgehead atoms. The number of amides is 1. The first-order valence-corrected chi connectivity index (χ1v) is 10.8. The second kappa shape index (κ2) is 10.1. The van der Waals surface area contributed by atoms with Crippen LogP contribution in [0.2, 0.25) is 0 Å². The lowest BCUT2D eigenvalue weighted by Gasteiger charge is -2.34. The number of hydrogen-bond donors (Lipinski definition) is 4. The van der Waals surface area contributed by atoms with Gasteiger partial charge >= 0.3 is 0 Å². The Morgan fingerprint density at radius 1 is 1.03 bits per heavy atom. The normalized spacial score (nSPS) is 20.0. The van der Waals surface area contributed by atoms with Crippen molar-refractivity contribution in [3.63, 3.8) is 0 Å². The Kier molecular flexibility index (Phi) is 6.85. The van der Waals surface area contributed by atoms with Crippen LogP contribution in [0.25, 0.3) is 11.1 Å². The number of nitrogen functional groups attached to an aromatic ring is 1. The van der Waals surface area contributed by atoms with Gasteiger partial charge in [-0.25, -0.2) is 9.97 Å². The van der Waals surface area contributed by atoms with Crippen molar-refractivity contribution in [3.05, 3.63) is 73.6 Å². The molecule has 0 aliphatic heterocycles. The van der Waals surface area contributed by atoms with Crippen LogP contribution in [0.1, 0.15) is 19.3 Å². The van der Waals surface area contributed by atoms with Crippen LogP contribution in [-0.2, 0) is 4.79 Å². The number of anilines is 2. The Bertz CT molecular complexity index is 1100. The van der Waals surface area contributed by atoms with Gasteiger partial charge in [0.15, 0.2) is 0 Å². The van der Waals surface area contributed by atoms with E-state index in [0.29, 0.717) is 42.2 Å². The number of nitrogens with zero attached hydrogens (tertiary/aromatic N) is 2. The Morgan fingerprint density at radius 2 is 1.73 bits per heavy atom. The molecule has 3 unspecified atom stereocenters. The average Bonchev–Trinajstić information content (AvgIpc) is 2.80. The van der Waals surface area contributed by atoms with Crippen molar-refractivity contribution in [2.45, 2.75) is 37.5 Å². The van der Waals surface area contributed by atoms with Gasteiger partial charge in [-0.3, -0.25) is 4.79 Å². The molecule has 8 heteroatoms. The molecule has 4 rings (SSSR count). The number of aliphatic hydroxyl groups excluding tert-OH is 1. The molecule has 0 spiro atoms. The van der Waals surface area contributed by atoms with Gasteiger partial charge in [-0.2, -0.15) is 0 Å². The summed E-state index contributed by atoms with van der Waals surface area (Å²) in [4.78, 5) is 20.3. The van der Waals surface area contributed by atoms with E-state index < -0.39 is 6.10 Å². The van der Waals surface area contributed by atoms with Gasteiger partial charge in [0.25, 0.3) is 0 Å². The maximum atomic E-state index is 11.7. The van der Waals surface area contributed by atoms with Gasteiger partial charge in [-0.15, -0.1) is 0 Å². The van der Waals surface area contributed by atoms with Crippen LogP contribution in [0.3, 0.4) is 0 Å². The molecule has 2 aromatic carbocycles. The topological polar surface area (TPSA) is 122 Å². The van der Waals surface area contributed by atoms with Gasteiger partial charge in [-0.1, -0.05) is 36.9 Å². The minimum Gasteiger partial charge on any atom is -0.457 e. The third-order valence-corrected chi connectivity index (χ3v) is 5.55. The van der Waals surface area contributed by atoms with E-state index in [1.807, 2.05) is 54.6 Å². The van der Waals surface area contributed by atoms with Crippen LogP contribution < -0.4 is 21.1 Å². The molecule has 1 saturated carbocycles. The first-order chi connectivity index (χ1) is 16.0. The number of hydrogen-bond acceptors (Lipinski definition) is 7. The third kappa shape index (κ3) is 5.67. The van der Waals surface area contributed by atoms with E-state index in [0.717, 1.165) is 11.3 Å². The zero-order chi connectivity index (χ0) is 23.2. The SMILES string of the molecule is C=CC(=O)NC1CC(O)CC(Nc2ncnc(N)c2-c2ccc(Oc3ccccc3)cc2)C1. The van der Waals surface area contributed by atoms with E-state index in [1.54, 1.807) is 0 Å². The van der Waals surface area contributed by atoms with Gasteiger partial charge in [0.1, 0.15) is 29.5 Å². The molecule has 1 heterocycles. The van der Waals surface area contributed by atoms with Gasteiger partial charge in [-0.05, 0) is 55.2 Å². The van der Waals surface area contributed by atoms with E-state index in [4.69, 9.17) is 10.5 Å². The summed E-state index contributed by atoms with van der Waals surface area (Å²) in [5.41, 5.74) is 7.73. The Morgan fingerprint density at radius 3 is 2.45 bits per heavy atom. The van der Waals surface area contributed by atoms with Gasteiger partial charge in [0.05, 0.1) is 11.7 Å². The van der Waals surface area contributed by atoms with Crippen LogP contribution in [0.5, 0.6) is 11.5 Å². The standard InChI is InChI=1S/C25H27N5O3/c1-2-22(32)29-17-12-18(14-19(31)13-17)30-25-23(24(26)27-15-28-25)16-8-10-21(11-9-16)33-20-6-4-3-5-7-20/h2-11,15,17-19,31H,1,12-14H2,(H,29,32)(H3,26,27,28,30). The number of carbonyl (C=O) groups excluding carboxylic acids is 1. The largest absolute Gasteiger partial charge is 0.457 e. The highest BCUT2D eigenvalue weighted by atomic mass is 16.5. The first-order valence-electron chi connectivity index (χ1n) is 10.8. The van der Waals surface area contributed by atoms with Crippen molar-refractivity contribution in [3.8, 4) is 22.6 Å². The zero-order valence-corrected chi connectivity index (χ0v) is 18.1. The number of aromatic nitrogens is 2. The summed E-state index contributed by atoms with van der Waals surface area (Å²) in [6.07, 6.45) is 3.78. The van der Waals surface area contributed by atoms with Gasteiger partial charge < -0.3 is 26.2 Å². The molecular formula is C25H27N5O3. The highest BCUT2D eigenvalue weighted by Crippen LogP contribution is 2.34. The molecular weight excluding hydrogens is 418 g/mol. The number of para-hydroxylation sites is 1. The molecule has 1 aromatic heterocycles. The summed E-state index contributed by atoms with van der Waals surface area (Å²) >= 11 is 0. The van der Waals surface area contributed by atoms with Crippen molar-refractivity contribution in [2.24, 2.45) is 0 Å². The number of aliphatic hydroxyl groups is 1. The molecule has 1 amide bonds. The molecule has 8 nitrogen and oxygen atoms in total. The number of ether oxygens (including phenoxy) is 1. The molecule has 1 aliphatic carbocycles. The van der Waals surface area contributed by atoms with Crippen LogP contribution in [0.4, 0.5) is 11.6 Å². The van der Waals surface area contributed by atoms with E-state index in [9.17, 15) is 9.90 Å². The van der Waals surface area contributed by atoms with Crippen molar-refractivity contribution in [1.82, 2.24) is 15.3 Å². The lowest BCUT2D eigenvalue weighted by Crippen LogP contribution is -2.45. The lowest BCUT2D eigenvalue weighted by atomic mass is 9.88. The monoisotopic (exact) mass is 445 g/mol. The summed E-state index contributed by atoms with van der Waals surface area (Å²) in [6, 6.07) is 16.8. The molecule has 170 valence electrons. The second-order valence-electron chi connectivity index (χ2n) is 8.03. The fourth-order valence-electron chi connectivity index (χ4n) is 4.09. The highest BCUT2D eigenvalue weighted by molar-refractivity contribution is 5.87. The fraction of sp³-hybridized carbons (Fsp3) is 0.240. The average molecular weight is 446 g/mol. The smallest absolute Gasteiger partial charge is 0.243 e. The van der Waals surface area contributed by atoms with Crippen LogP contribution in [0, 0.1) is 0 Å². The first kappa shape index (κ1) is 22.3. The molecule has 1 aliphatic rings. The predicted molar refractivity (Wildman–Crippen MR) is 128 cm³/mol. The molecule has 1 fully saturated rings. The van der Waals surface area contributed by atoms with Gasteiger partial charge in [0, 0.05) is 12.1 Å². The van der Waals surface area contributed by atoms with Crippen molar-refractivity contribution >= 4 is 17.5 Å². The van der Waals surface area contributed by atoms with Crippen molar-refractivity contribution in [1.29, 1.82) is 0 Å². The maximum Gasteiger partial charge on any atom is 0.243 e. The highest BCUT2D eigenvalue weighted by Gasteiger charge is 2.29. The van der Waals surface area contributed by atoms with Crippen LogP contribution in [-0.4, -0.2) is 39.2 Å². The molecule has 33 heavy (non-hydrogen) atoms. The number of rotatable bonds is 7. The predicted octanol–water partition coefficient (Wildman–Crippen LogP) is 3.51. The molecule has 0 saturated heterocycles. The molecule has 3 atom stereocenters.